The number of hydrogen-bond donors (Lipinski definition) is 2. The molecule has 106 valence electrons. The summed E-state index contributed by atoms with van der Waals surface area (Å²) in [5.74, 6) is 0.0141. The first-order valence-corrected chi connectivity index (χ1v) is 6.89. The van der Waals surface area contributed by atoms with Crippen molar-refractivity contribution in [2.45, 2.75) is 12.8 Å². The maximum Gasteiger partial charge on any atom is 0.251 e. The van der Waals surface area contributed by atoms with E-state index in [9.17, 15) is 9.18 Å². The van der Waals surface area contributed by atoms with Crippen LogP contribution < -0.4 is 10.6 Å². The van der Waals surface area contributed by atoms with Gasteiger partial charge < -0.3 is 10.6 Å². The minimum Gasteiger partial charge on any atom is -0.352 e. The average Bonchev–Trinajstić information content (AvgIpc) is 2.80. The van der Waals surface area contributed by atoms with Gasteiger partial charge in [0.25, 0.3) is 5.91 Å². The van der Waals surface area contributed by atoms with Crippen molar-refractivity contribution >= 4 is 34.2 Å². The minimum absolute atomic E-state index is 0. The van der Waals surface area contributed by atoms with Crippen LogP contribution in [0.2, 0.25) is 0 Å². The first-order chi connectivity index (χ1) is 8.65. The molecule has 2 rings (SSSR count). The Bertz CT molecular complexity index is 418. The number of carbonyl (C=O) groups is 1. The van der Waals surface area contributed by atoms with Crippen molar-refractivity contribution in [3.8, 4) is 0 Å². The van der Waals surface area contributed by atoms with Gasteiger partial charge in [-0.25, -0.2) is 4.39 Å². The SMILES string of the molecule is Cl.O=C(NCCC1CCNC1)c1cc(F)cc(Br)c1. The lowest BCUT2D eigenvalue weighted by molar-refractivity contribution is 0.0951. The second-order valence-electron chi connectivity index (χ2n) is 4.56. The highest BCUT2D eigenvalue weighted by molar-refractivity contribution is 9.10. The van der Waals surface area contributed by atoms with Crippen molar-refractivity contribution in [1.82, 2.24) is 10.6 Å². The largest absolute Gasteiger partial charge is 0.352 e. The summed E-state index contributed by atoms with van der Waals surface area (Å²) in [4.78, 5) is 11.8. The molecule has 1 amide bonds. The van der Waals surface area contributed by atoms with Gasteiger partial charge in [-0.1, -0.05) is 15.9 Å². The molecular weight excluding hydrogens is 335 g/mol. The van der Waals surface area contributed by atoms with Gasteiger partial charge in [0.1, 0.15) is 5.82 Å². The Hall–Kier alpha value is -0.650. The van der Waals surface area contributed by atoms with Crippen LogP contribution in [-0.4, -0.2) is 25.5 Å². The fraction of sp³-hybridized carbons (Fsp3) is 0.462. The van der Waals surface area contributed by atoms with Crippen molar-refractivity contribution in [3.63, 3.8) is 0 Å². The maximum atomic E-state index is 13.1. The Morgan fingerprint density at radius 2 is 2.26 bits per heavy atom. The molecule has 0 saturated carbocycles. The van der Waals surface area contributed by atoms with Crippen LogP contribution in [0.3, 0.4) is 0 Å². The van der Waals surface area contributed by atoms with Gasteiger partial charge >= 0.3 is 0 Å². The molecule has 1 saturated heterocycles. The molecule has 1 aromatic rings. The summed E-state index contributed by atoms with van der Waals surface area (Å²) in [6.07, 6.45) is 2.14. The quantitative estimate of drug-likeness (QED) is 0.876. The van der Waals surface area contributed by atoms with Crippen molar-refractivity contribution < 1.29 is 9.18 Å². The molecule has 1 aliphatic heterocycles. The molecule has 0 aliphatic carbocycles. The summed E-state index contributed by atoms with van der Waals surface area (Å²) in [6.45, 7) is 2.73. The highest BCUT2D eigenvalue weighted by atomic mass is 79.9. The van der Waals surface area contributed by atoms with E-state index < -0.39 is 5.82 Å². The summed E-state index contributed by atoms with van der Waals surface area (Å²) in [6, 6.07) is 4.20. The monoisotopic (exact) mass is 350 g/mol. The van der Waals surface area contributed by atoms with Crippen LogP contribution in [0.5, 0.6) is 0 Å². The number of hydrogen-bond acceptors (Lipinski definition) is 2. The Morgan fingerprint density at radius 3 is 2.89 bits per heavy atom. The Morgan fingerprint density at radius 1 is 1.47 bits per heavy atom. The number of carbonyl (C=O) groups excluding carboxylic acids is 1. The van der Waals surface area contributed by atoms with E-state index in [2.05, 4.69) is 26.6 Å². The van der Waals surface area contributed by atoms with Gasteiger partial charge in [0.2, 0.25) is 0 Å². The number of benzene rings is 1. The molecule has 6 heteroatoms. The molecule has 1 fully saturated rings. The number of nitrogens with one attached hydrogen (secondary N) is 2. The minimum atomic E-state index is -0.408. The van der Waals surface area contributed by atoms with Crippen molar-refractivity contribution in [2.24, 2.45) is 5.92 Å². The van der Waals surface area contributed by atoms with E-state index >= 15 is 0 Å². The topological polar surface area (TPSA) is 41.1 Å². The average molecular weight is 352 g/mol. The van der Waals surface area contributed by atoms with Gasteiger partial charge in [0, 0.05) is 16.6 Å². The molecule has 19 heavy (non-hydrogen) atoms. The molecule has 0 radical (unpaired) electrons. The molecule has 1 atom stereocenters. The van der Waals surface area contributed by atoms with Crippen molar-refractivity contribution in [2.75, 3.05) is 19.6 Å². The van der Waals surface area contributed by atoms with Crippen LogP contribution in [0.25, 0.3) is 0 Å². The smallest absolute Gasteiger partial charge is 0.251 e. The van der Waals surface area contributed by atoms with Gasteiger partial charge in [-0.05, 0) is 50.0 Å². The second-order valence-corrected chi connectivity index (χ2v) is 5.48. The van der Waals surface area contributed by atoms with Gasteiger partial charge in [-0.2, -0.15) is 0 Å². The molecule has 3 nitrogen and oxygen atoms in total. The summed E-state index contributed by atoms with van der Waals surface area (Å²) in [5, 5.41) is 6.11. The lowest BCUT2D eigenvalue weighted by atomic mass is 10.1. The molecule has 1 heterocycles. The van der Waals surface area contributed by atoms with E-state index in [1.807, 2.05) is 0 Å². The van der Waals surface area contributed by atoms with Crippen LogP contribution in [-0.2, 0) is 0 Å². The molecule has 0 spiro atoms. The zero-order chi connectivity index (χ0) is 13.0. The fourth-order valence-electron chi connectivity index (χ4n) is 2.14. The van der Waals surface area contributed by atoms with Crippen LogP contribution in [0.15, 0.2) is 22.7 Å². The highest BCUT2D eigenvalue weighted by Gasteiger charge is 2.14. The molecule has 2 N–H and O–H groups in total. The molecule has 0 bridgehead atoms. The van der Waals surface area contributed by atoms with Gasteiger partial charge in [0.05, 0.1) is 0 Å². The predicted molar refractivity (Wildman–Crippen MR) is 79.3 cm³/mol. The first kappa shape index (κ1) is 16.4. The van der Waals surface area contributed by atoms with E-state index in [1.54, 1.807) is 6.07 Å². The zero-order valence-corrected chi connectivity index (χ0v) is 12.8. The lowest BCUT2D eigenvalue weighted by Gasteiger charge is -2.09. The standard InChI is InChI=1S/C13H16BrFN2O.ClH/c14-11-5-10(6-12(15)7-11)13(18)17-4-2-9-1-3-16-8-9;/h5-7,9,16H,1-4,8H2,(H,17,18);1H. The molecule has 0 aromatic heterocycles. The van der Waals surface area contributed by atoms with Crippen molar-refractivity contribution in [1.29, 1.82) is 0 Å². The molecule has 1 aliphatic rings. The van der Waals surface area contributed by atoms with Gasteiger partial charge in [-0.3, -0.25) is 4.79 Å². The van der Waals surface area contributed by atoms with Crippen molar-refractivity contribution in [3.05, 3.63) is 34.1 Å². The third-order valence-electron chi connectivity index (χ3n) is 3.13. The van der Waals surface area contributed by atoms with Crippen LogP contribution in [0, 0.1) is 11.7 Å². The Balaban J connectivity index is 0.00000180. The first-order valence-electron chi connectivity index (χ1n) is 6.10. The normalized spacial score (nSPS) is 17.9. The fourth-order valence-corrected chi connectivity index (χ4v) is 2.60. The van der Waals surface area contributed by atoms with E-state index in [0.717, 1.165) is 19.5 Å². The zero-order valence-electron chi connectivity index (χ0n) is 10.4. The third-order valence-corrected chi connectivity index (χ3v) is 3.58. The highest BCUT2D eigenvalue weighted by Crippen LogP contribution is 2.15. The van der Waals surface area contributed by atoms with Crippen LogP contribution in [0.4, 0.5) is 4.39 Å². The number of amides is 1. The van der Waals surface area contributed by atoms with Gasteiger partial charge in [0.15, 0.2) is 0 Å². The molecular formula is C13H17BrClFN2O. The van der Waals surface area contributed by atoms with E-state index in [-0.39, 0.29) is 18.3 Å². The second kappa shape index (κ2) is 7.82. The van der Waals surface area contributed by atoms with Crippen LogP contribution >= 0.6 is 28.3 Å². The molecule has 1 unspecified atom stereocenters. The van der Waals surface area contributed by atoms with E-state index in [1.165, 1.54) is 18.6 Å². The molecule has 1 aromatic carbocycles. The maximum absolute atomic E-state index is 13.1. The third kappa shape index (κ3) is 5.09. The predicted octanol–water partition coefficient (Wildman–Crippen LogP) is 2.74. The summed E-state index contributed by atoms with van der Waals surface area (Å²) >= 11 is 3.18. The Kier molecular flexibility index (Phi) is 6.75. The van der Waals surface area contributed by atoms with Crippen LogP contribution in [0.1, 0.15) is 23.2 Å². The number of rotatable bonds is 4. The van der Waals surface area contributed by atoms with Gasteiger partial charge in [-0.15, -0.1) is 12.4 Å². The summed E-state index contributed by atoms with van der Waals surface area (Å²) in [5.41, 5.74) is 0.353. The Labute approximate surface area is 126 Å². The summed E-state index contributed by atoms with van der Waals surface area (Å²) < 4.78 is 13.7. The lowest BCUT2D eigenvalue weighted by Crippen LogP contribution is -2.26. The number of halogens is 3. The van der Waals surface area contributed by atoms with E-state index in [0.29, 0.717) is 22.5 Å². The summed E-state index contributed by atoms with van der Waals surface area (Å²) in [7, 11) is 0. The van der Waals surface area contributed by atoms with E-state index in [4.69, 9.17) is 0 Å².